The van der Waals surface area contributed by atoms with Gasteiger partial charge in [-0.3, -0.25) is 9.59 Å². The first kappa shape index (κ1) is 8.37. The largest absolute Gasteiger partial charge is 0.330 e. The molecule has 1 aromatic rings. The minimum atomic E-state index is -0.132. The Balaban J connectivity index is 2.10. The SMILES string of the molecule is O=C1CCN(C(=O)c2cscn2)C1. The molecule has 2 heterocycles. The summed E-state index contributed by atoms with van der Waals surface area (Å²) in [4.78, 5) is 27.9. The van der Waals surface area contributed by atoms with Gasteiger partial charge in [0, 0.05) is 18.3 Å². The van der Waals surface area contributed by atoms with Crippen LogP contribution in [0.1, 0.15) is 16.9 Å². The summed E-state index contributed by atoms with van der Waals surface area (Å²) in [6.07, 6.45) is 0.482. The summed E-state index contributed by atoms with van der Waals surface area (Å²) in [7, 11) is 0. The molecule has 1 aliphatic rings. The van der Waals surface area contributed by atoms with E-state index in [9.17, 15) is 9.59 Å². The standard InChI is InChI=1S/C8H8N2O2S/c11-6-1-2-10(3-6)8(12)7-4-13-5-9-7/h4-5H,1-3H2. The van der Waals surface area contributed by atoms with Gasteiger partial charge in [0.25, 0.3) is 5.91 Å². The number of likely N-dealkylation sites (tertiary alicyclic amines) is 1. The molecule has 4 nitrogen and oxygen atoms in total. The lowest BCUT2D eigenvalue weighted by atomic mass is 10.4. The third-order valence-electron chi connectivity index (χ3n) is 1.97. The third kappa shape index (κ3) is 1.60. The van der Waals surface area contributed by atoms with Gasteiger partial charge in [-0.25, -0.2) is 4.98 Å². The van der Waals surface area contributed by atoms with E-state index in [1.54, 1.807) is 10.9 Å². The number of amides is 1. The maximum absolute atomic E-state index is 11.6. The Morgan fingerprint density at radius 3 is 3.00 bits per heavy atom. The van der Waals surface area contributed by atoms with Crippen molar-refractivity contribution in [3.63, 3.8) is 0 Å². The molecule has 1 amide bonds. The second-order valence-corrected chi connectivity index (χ2v) is 3.61. The van der Waals surface area contributed by atoms with Crippen molar-refractivity contribution < 1.29 is 9.59 Å². The number of Topliss-reactive ketones (excluding diaryl/α,β-unsaturated/α-hetero) is 1. The summed E-state index contributed by atoms with van der Waals surface area (Å²) in [5, 5.41) is 1.70. The number of thiazole rings is 1. The van der Waals surface area contributed by atoms with Crippen LogP contribution in [0.4, 0.5) is 0 Å². The van der Waals surface area contributed by atoms with E-state index in [0.29, 0.717) is 18.7 Å². The maximum atomic E-state index is 11.6. The lowest BCUT2D eigenvalue weighted by Crippen LogP contribution is -2.28. The highest BCUT2D eigenvalue weighted by molar-refractivity contribution is 7.07. The van der Waals surface area contributed by atoms with Gasteiger partial charge < -0.3 is 4.90 Å². The van der Waals surface area contributed by atoms with Crippen molar-refractivity contribution in [1.29, 1.82) is 0 Å². The average molecular weight is 196 g/mol. The van der Waals surface area contributed by atoms with E-state index < -0.39 is 0 Å². The molecule has 5 heteroatoms. The Kier molecular flexibility index (Phi) is 2.10. The number of hydrogen-bond acceptors (Lipinski definition) is 4. The second kappa shape index (κ2) is 3.26. The Labute approximate surface area is 79.2 Å². The van der Waals surface area contributed by atoms with Gasteiger partial charge >= 0.3 is 0 Å². The lowest BCUT2D eigenvalue weighted by Gasteiger charge is -2.11. The molecule has 1 saturated heterocycles. The Bertz CT molecular complexity index is 334. The van der Waals surface area contributed by atoms with E-state index in [1.165, 1.54) is 16.2 Å². The van der Waals surface area contributed by atoms with Gasteiger partial charge in [-0.1, -0.05) is 0 Å². The molecule has 0 atom stereocenters. The number of ketones is 1. The van der Waals surface area contributed by atoms with Gasteiger partial charge in [-0.15, -0.1) is 11.3 Å². The van der Waals surface area contributed by atoms with Crippen LogP contribution in [-0.4, -0.2) is 34.7 Å². The summed E-state index contributed by atoms with van der Waals surface area (Å²) in [6, 6.07) is 0. The number of aromatic nitrogens is 1. The van der Waals surface area contributed by atoms with Crippen LogP contribution < -0.4 is 0 Å². The van der Waals surface area contributed by atoms with E-state index in [2.05, 4.69) is 4.98 Å². The highest BCUT2D eigenvalue weighted by Crippen LogP contribution is 2.10. The first-order valence-corrected chi connectivity index (χ1v) is 4.91. The summed E-state index contributed by atoms with van der Waals surface area (Å²) < 4.78 is 0. The highest BCUT2D eigenvalue weighted by Gasteiger charge is 2.25. The van der Waals surface area contributed by atoms with Gasteiger partial charge in [-0.05, 0) is 0 Å². The van der Waals surface area contributed by atoms with Crippen molar-refractivity contribution in [2.24, 2.45) is 0 Å². The van der Waals surface area contributed by atoms with Crippen molar-refractivity contribution in [3.05, 3.63) is 16.6 Å². The summed E-state index contributed by atoms with van der Waals surface area (Å²) >= 11 is 1.38. The van der Waals surface area contributed by atoms with E-state index in [-0.39, 0.29) is 18.2 Å². The second-order valence-electron chi connectivity index (χ2n) is 2.89. The van der Waals surface area contributed by atoms with Crippen LogP contribution in [0, 0.1) is 0 Å². The topological polar surface area (TPSA) is 50.3 Å². The molecule has 0 bridgehead atoms. The van der Waals surface area contributed by atoms with Crippen LogP contribution in [0.3, 0.4) is 0 Å². The number of hydrogen-bond donors (Lipinski definition) is 0. The smallest absolute Gasteiger partial charge is 0.273 e. The van der Waals surface area contributed by atoms with E-state index >= 15 is 0 Å². The molecule has 2 rings (SSSR count). The molecular weight excluding hydrogens is 188 g/mol. The van der Waals surface area contributed by atoms with Crippen LogP contribution in [0.25, 0.3) is 0 Å². The summed E-state index contributed by atoms with van der Waals surface area (Å²) in [5.41, 5.74) is 2.06. The summed E-state index contributed by atoms with van der Waals surface area (Å²) in [5.74, 6) is -0.00400. The average Bonchev–Trinajstić information content (AvgIpc) is 2.72. The molecule has 0 N–H and O–H groups in total. The molecule has 0 aromatic carbocycles. The first-order valence-electron chi connectivity index (χ1n) is 3.96. The predicted molar refractivity (Wildman–Crippen MR) is 47.6 cm³/mol. The van der Waals surface area contributed by atoms with Crippen molar-refractivity contribution in [1.82, 2.24) is 9.88 Å². The van der Waals surface area contributed by atoms with E-state index in [1.807, 2.05) is 0 Å². The van der Waals surface area contributed by atoms with Gasteiger partial charge in [0.15, 0.2) is 5.78 Å². The quantitative estimate of drug-likeness (QED) is 0.659. The third-order valence-corrected chi connectivity index (χ3v) is 2.55. The molecule has 0 saturated carbocycles. The zero-order chi connectivity index (χ0) is 9.26. The van der Waals surface area contributed by atoms with Gasteiger partial charge in [0.1, 0.15) is 5.69 Å². The molecule has 68 valence electrons. The lowest BCUT2D eigenvalue weighted by molar-refractivity contribution is -0.116. The van der Waals surface area contributed by atoms with Crippen LogP contribution in [-0.2, 0) is 4.79 Å². The summed E-state index contributed by atoms with van der Waals surface area (Å²) in [6.45, 7) is 0.783. The zero-order valence-corrected chi connectivity index (χ0v) is 7.71. The Morgan fingerprint density at radius 2 is 2.46 bits per heavy atom. The van der Waals surface area contributed by atoms with Crippen molar-refractivity contribution in [3.8, 4) is 0 Å². The van der Waals surface area contributed by atoms with Crippen LogP contribution >= 0.6 is 11.3 Å². The molecule has 1 fully saturated rings. The van der Waals surface area contributed by atoms with Crippen molar-refractivity contribution >= 4 is 23.0 Å². The minimum Gasteiger partial charge on any atom is -0.330 e. The number of rotatable bonds is 1. The number of carbonyl (C=O) groups excluding carboxylic acids is 2. The van der Waals surface area contributed by atoms with Gasteiger partial charge in [0.2, 0.25) is 0 Å². The van der Waals surface area contributed by atoms with Crippen molar-refractivity contribution in [2.75, 3.05) is 13.1 Å². The highest BCUT2D eigenvalue weighted by atomic mass is 32.1. The van der Waals surface area contributed by atoms with Crippen LogP contribution in [0.15, 0.2) is 10.9 Å². The molecule has 1 aromatic heterocycles. The minimum absolute atomic E-state index is 0.128. The number of carbonyl (C=O) groups is 2. The molecule has 0 radical (unpaired) electrons. The van der Waals surface area contributed by atoms with Gasteiger partial charge in [0.05, 0.1) is 12.1 Å². The molecule has 1 aliphatic heterocycles. The monoisotopic (exact) mass is 196 g/mol. The number of nitrogens with zero attached hydrogens (tertiary/aromatic N) is 2. The van der Waals surface area contributed by atoms with E-state index in [0.717, 1.165) is 0 Å². The first-order chi connectivity index (χ1) is 6.27. The Hall–Kier alpha value is -1.23. The molecule has 0 aliphatic carbocycles. The zero-order valence-electron chi connectivity index (χ0n) is 6.90. The van der Waals surface area contributed by atoms with Gasteiger partial charge in [-0.2, -0.15) is 0 Å². The van der Waals surface area contributed by atoms with Crippen LogP contribution in [0.5, 0.6) is 0 Å². The fraction of sp³-hybridized carbons (Fsp3) is 0.375. The molecule has 0 unspecified atom stereocenters. The van der Waals surface area contributed by atoms with E-state index in [4.69, 9.17) is 0 Å². The Morgan fingerprint density at radius 1 is 1.62 bits per heavy atom. The normalized spacial score (nSPS) is 16.6. The maximum Gasteiger partial charge on any atom is 0.273 e. The molecule has 13 heavy (non-hydrogen) atoms. The molecule has 0 spiro atoms. The van der Waals surface area contributed by atoms with Crippen LogP contribution in [0.2, 0.25) is 0 Å². The predicted octanol–water partition coefficient (Wildman–Crippen LogP) is 0.558. The van der Waals surface area contributed by atoms with Crippen molar-refractivity contribution in [2.45, 2.75) is 6.42 Å². The fourth-order valence-electron chi connectivity index (χ4n) is 1.28. The fourth-order valence-corrected chi connectivity index (χ4v) is 1.81. The molecular formula is C8H8N2O2S.